The Hall–Kier alpha value is -1.79. The van der Waals surface area contributed by atoms with Crippen molar-refractivity contribution in [2.75, 3.05) is 13.1 Å². The maximum Gasteiger partial charge on any atom is 0.304 e. The lowest BCUT2D eigenvalue weighted by Crippen LogP contribution is -2.31. The highest BCUT2D eigenvalue weighted by Crippen LogP contribution is 2.32. The predicted octanol–water partition coefficient (Wildman–Crippen LogP) is 2.78. The Labute approximate surface area is 125 Å². The number of fused-ring (bicyclic) bond motifs is 1. The Morgan fingerprint density at radius 3 is 3.00 bits per heavy atom. The number of aromatic nitrogens is 1. The summed E-state index contributed by atoms with van der Waals surface area (Å²) in [6.07, 6.45) is 0.939. The van der Waals surface area contributed by atoms with Gasteiger partial charge in [-0.15, -0.1) is 11.3 Å². The van der Waals surface area contributed by atoms with E-state index in [0.717, 1.165) is 23.5 Å². The van der Waals surface area contributed by atoms with Crippen LogP contribution in [-0.4, -0.2) is 34.0 Å². The Bertz CT molecular complexity index is 671. The van der Waals surface area contributed by atoms with Gasteiger partial charge in [-0.25, -0.2) is 9.37 Å². The molecule has 0 unspecified atom stereocenters. The van der Waals surface area contributed by atoms with Crippen molar-refractivity contribution in [2.24, 2.45) is 0 Å². The Kier molecular flexibility index (Phi) is 3.98. The van der Waals surface area contributed by atoms with Gasteiger partial charge in [-0.2, -0.15) is 0 Å². The van der Waals surface area contributed by atoms with Crippen molar-refractivity contribution in [1.82, 2.24) is 9.88 Å². The molecule has 2 aromatic rings. The molecule has 0 radical (unpaired) electrons. The van der Waals surface area contributed by atoms with E-state index in [1.54, 1.807) is 18.2 Å². The lowest BCUT2D eigenvalue weighted by atomic mass is 10.1. The fraction of sp³-hybridized carbons (Fsp3) is 0.333. The number of carboxylic acid groups (broad SMARTS) is 1. The molecule has 0 saturated heterocycles. The van der Waals surface area contributed by atoms with Crippen LogP contribution < -0.4 is 0 Å². The van der Waals surface area contributed by atoms with Crippen LogP contribution in [0.3, 0.4) is 0 Å². The summed E-state index contributed by atoms with van der Waals surface area (Å²) in [5.74, 6) is -1.04. The summed E-state index contributed by atoms with van der Waals surface area (Å²) in [6, 6.07) is 6.65. The van der Waals surface area contributed by atoms with Gasteiger partial charge < -0.3 is 5.11 Å². The second-order valence-corrected chi connectivity index (χ2v) is 6.12. The van der Waals surface area contributed by atoms with Crippen molar-refractivity contribution in [3.63, 3.8) is 0 Å². The first-order valence-corrected chi connectivity index (χ1v) is 7.63. The Morgan fingerprint density at radius 1 is 1.43 bits per heavy atom. The van der Waals surface area contributed by atoms with Crippen molar-refractivity contribution in [3.05, 3.63) is 40.7 Å². The fourth-order valence-electron chi connectivity index (χ4n) is 2.44. The van der Waals surface area contributed by atoms with Crippen molar-refractivity contribution in [1.29, 1.82) is 0 Å². The first-order valence-electron chi connectivity index (χ1n) is 6.81. The molecule has 0 bridgehead atoms. The SMILES string of the molecule is O=C(O)CCN1CCc2nc(-c3ccccc3F)sc2C1. The minimum Gasteiger partial charge on any atom is -0.481 e. The Balaban J connectivity index is 1.79. The normalized spacial score (nSPS) is 14.9. The van der Waals surface area contributed by atoms with E-state index >= 15 is 0 Å². The first kappa shape index (κ1) is 14.2. The van der Waals surface area contributed by atoms with Crippen molar-refractivity contribution in [2.45, 2.75) is 19.4 Å². The van der Waals surface area contributed by atoms with E-state index in [-0.39, 0.29) is 12.2 Å². The molecule has 21 heavy (non-hydrogen) atoms. The summed E-state index contributed by atoms with van der Waals surface area (Å²) in [5, 5.41) is 9.45. The van der Waals surface area contributed by atoms with Crippen LogP contribution in [0.25, 0.3) is 10.6 Å². The van der Waals surface area contributed by atoms with E-state index in [4.69, 9.17) is 5.11 Å². The highest BCUT2D eigenvalue weighted by molar-refractivity contribution is 7.15. The molecule has 110 valence electrons. The van der Waals surface area contributed by atoms with Crippen LogP contribution in [0, 0.1) is 5.82 Å². The molecule has 0 saturated carbocycles. The van der Waals surface area contributed by atoms with E-state index in [9.17, 15) is 9.18 Å². The van der Waals surface area contributed by atoms with E-state index < -0.39 is 5.97 Å². The zero-order valence-electron chi connectivity index (χ0n) is 11.4. The molecule has 0 atom stereocenters. The zero-order chi connectivity index (χ0) is 14.8. The van der Waals surface area contributed by atoms with E-state index in [1.807, 2.05) is 0 Å². The largest absolute Gasteiger partial charge is 0.481 e. The third kappa shape index (κ3) is 3.11. The van der Waals surface area contributed by atoms with Crippen LogP contribution >= 0.6 is 11.3 Å². The van der Waals surface area contributed by atoms with Crippen LogP contribution in [0.1, 0.15) is 17.0 Å². The molecular formula is C15H15FN2O2S. The monoisotopic (exact) mass is 306 g/mol. The predicted molar refractivity (Wildman–Crippen MR) is 78.7 cm³/mol. The summed E-state index contributed by atoms with van der Waals surface area (Å²) in [5.41, 5.74) is 1.55. The first-order chi connectivity index (χ1) is 10.1. The molecule has 0 amide bonds. The standard InChI is InChI=1S/C15H15FN2O2S/c16-11-4-2-1-3-10(11)15-17-12-5-7-18(8-6-14(19)20)9-13(12)21-15/h1-4H,5-9H2,(H,19,20). The van der Waals surface area contributed by atoms with Crippen LogP contribution in [-0.2, 0) is 17.8 Å². The molecular weight excluding hydrogens is 291 g/mol. The molecule has 1 N–H and O–H groups in total. The number of halogens is 1. The van der Waals surface area contributed by atoms with Gasteiger partial charge in [0.05, 0.1) is 12.1 Å². The van der Waals surface area contributed by atoms with Crippen molar-refractivity contribution < 1.29 is 14.3 Å². The summed E-state index contributed by atoms with van der Waals surface area (Å²) < 4.78 is 13.8. The summed E-state index contributed by atoms with van der Waals surface area (Å²) >= 11 is 1.50. The van der Waals surface area contributed by atoms with E-state index in [2.05, 4.69) is 9.88 Å². The second kappa shape index (κ2) is 5.91. The second-order valence-electron chi connectivity index (χ2n) is 5.04. The average Bonchev–Trinajstić information content (AvgIpc) is 2.88. The third-order valence-electron chi connectivity index (χ3n) is 3.56. The minimum absolute atomic E-state index is 0.147. The van der Waals surface area contributed by atoms with Crippen molar-refractivity contribution in [3.8, 4) is 10.6 Å². The van der Waals surface area contributed by atoms with Crippen LogP contribution in [0.2, 0.25) is 0 Å². The van der Waals surface area contributed by atoms with Crippen LogP contribution in [0.5, 0.6) is 0 Å². The fourth-order valence-corrected chi connectivity index (χ4v) is 3.62. The van der Waals surface area contributed by atoms with Gasteiger partial charge in [0.2, 0.25) is 0 Å². The summed E-state index contributed by atoms with van der Waals surface area (Å²) in [7, 11) is 0. The molecule has 0 fully saturated rings. The Morgan fingerprint density at radius 2 is 2.24 bits per heavy atom. The lowest BCUT2D eigenvalue weighted by Gasteiger charge is -2.24. The number of nitrogens with zero attached hydrogens (tertiary/aromatic N) is 2. The number of aliphatic carboxylic acids is 1. The minimum atomic E-state index is -0.780. The van der Waals surface area contributed by atoms with Gasteiger partial charge in [-0.05, 0) is 12.1 Å². The number of hydrogen-bond acceptors (Lipinski definition) is 4. The molecule has 3 rings (SSSR count). The molecule has 1 aromatic heterocycles. The van der Waals surface area contributed by atoms with Gasteiger partial charge in [-0.1, -0.05) is 12.1 Å². The van der Waals surface area contributed by atoms with Crippen molar-refractivity contribution >= 4 is 17.3 Å². The molecule has 1 aliphatic heterocycles. The van der Waals surface area contributed by atoms with Crippen LogP contribution in [0.15, 0.2) is 24.3 Å². The molecule has 1 aliphatic rings. The molecule has 6 heteroatoms. The van der Waals surface area contributed by atoms with E-state index in [0.29, 0.717) is 23.7 Å². The quantitative estimate of drug-likeness (QED) is 0.943. The molecule has 1 aromatic carbocycles. The molecule has 2 heterocycles. The lowest BCUT2D eigenvalue weighted by molar-refractivity contribution is -0.137. The van der Waals surface area contributed by atoms with Crippen LogP contribution in [0.4, 0.5) is 4.39 Å². The smallest absolute Gasteiger partial charge is 0.304 e. The number of carbonyl (C=O) groups is 1. The van der Waals surface area contributed by atoms with Gasteiger partial charge in [0.15, 0.2) is 0 Å². The van der Waals surface area contributed by atoms with Gasteiger partial charge in [0, 0.05) is 36.5 Å². The highest BCUT2D eigenvalue weighted by atomic mass is 32.1. The third-order valence-corrected chi connectivity index (χ3v) is 4.67. The van der Waals surface area contributed by atoms with Gasteiger partial charge >= 0.3 is 5.97 Å². The number of carboxylic acids is 1. The van der Waals surface area contributed by atoms with E-state index in [1.165, 1.54) is 17.4 Å². The van der Waals surface area contributed by atoms with Gasteiger partial charge in [-0.3, -0.25) is 9.69 Å². The number of hydrogen-bond donors (Lipinski definition) is 1. The number of thiazole rings is 1. The highest BCUT2D eigenvalue weighted by Gasteiger charge is 2.22. The molecule has 4 nitrogen and oxygen atoms in total. The number of benzene rings is 1. The maximum absolute atomic E-state index is 13.8. The average molecular weight is 306 g/mol. The number of rotatable bonds is 4. The molecule has 0 aliphatic carbocycles. The summed E-state index contributed by atoms with van der Waals surface area (Å²) in [6.45, 7) is 2.05. The topological polar surface area (TPSA) is 53.4 Å². The summed E-state index contributed by atoms with van der Waals surface area (Å²) in [4.78, 5) is 18.4. The molecule has 0 spiro atoms. The maximum atomic E-state index is 13.8. The van der Waals surface area contributed by atoms with Gasteiger partial charge in [0.1, 0.15) is 10.8 Å². The van der Waals surface area contributed by atoms with Gasteiger partial charge in [0.25, 0.3) is 0 Å². The zero-order valence-corrected chi connectivity index (χ0v) is 12.2.